The van der Waals surface area contributed by atoms with E-state index in [0.29, 0.717) is 13.0 Å². The summed E-state index contributed by atoms with van der Waals surface area (Å²) in [5.74, 6) is 0.254. The van der Waals surface area contributed by atoms with E-state index in [9.17, 15) is 4.79 Å². The molecule has 1 amide bonds. The predicted molar refractivity (Wildman–Crippen MR) is 67.6 cm³/mol. The molecular weight excluding hydrogens is 218 g/mol. The fraction of sp³-hybridized carbons (Fsp3) is 0.917. The second-order valence-electron chi connectivity index (χ2n) is 4.55. The van der Waals surface area contributed by atoms with Crippen LogP contribution in [0.3, 0.4) is 0 Å². The molecule has 0 aliphatic carbocycles. The van der Waals surface area contributed by atoms with Crippen LogP contribution >= 0.6 is 0 Å². The number of amides is 1. The van der Waals surface area contributed by atoms with Gasteiger partial charge in [0.2, 0.25) is 5.91 Å². The van der Waals surface area contributed by atoms with Crippen LogP contribution in [-0.4, -0.2) is 66.7 Å². The molecule has 0 radical (unpaired) electrons. The van der Waals surface area contributed by atoms with Crippen molar-refractivity contribution in [2.75, 3.05) is 45.9 Å². The summed E-state index contributed by atoms with van der Waals surface area (Å²) in [6.45, 7) is 5.08. The van der Waals surface area contributed by atoms with Crippen LogP contribution in [0.1, 0.15) is 25.7 Å². The number of unbranched alkanes of at least 4 members (excludes halogenated alkanes) is 1. The normalized spacial score (nSPS) is 18.1. The Morgan fingerprint density at radius 3 is 2.71 bits per heavy atom. The molecule has 3 N–H and O–H groups in total. The minimum absolute atomic E-state index is 0.199. The average Bonchev–Trinajstić information content (AvgIpc) is 2.55. The van der Waals surface area contributed by atoms with Gasteiger partial charge < -0.3 is 15.7 Å². The van der Waals surface area contributed by atoms with Gasteiger partial charge in [0.25, 0.3) is 0 Å². The van der Waals surface area contributed by atoms with Crippen LogP contribution in [-0.2, 0) is 4.79 Å². The fourth-order valence-electron chi connectivity index (χ4n) is 2.16. The molecular formula is C12H25N3O2. The van der Waals surface area contributed by atoms with E-state index < -0.39 is 0 Å². The Balaban J connectivity index is 2.27. The molecule has 17 heavy (non-hydrogen) atoms. The van der Waals surface area contributed by atoms with Crippen molar-refractivity contribution in [2.45, 2.75) is 25.7 Å². The van der Waals surface area contributed by atoms with Gasteiger partial charge in [0.1, 0.15) is 0 Å². The molecule has 0 aromatic rings. The summed E-state index contributed by atoms with van der Waals surface area (Å²) in [6.07, 6.45) is 3.45. The molecule has 1 heterocycles. The maximum Gasteiger partial charge on any atom is 0.222 e. The van der Waals surface area contributed by atoms with Crippen LogP contribution in [0.4, 0.5) is 0 Å². The van der Waals surface area contributed by atoms with Crippen molar-refractivity contribution in [3.05, 3.63) is 0 Å². The van der Waals surface area contributed by atoms with Crippen LogP contribution in [0, 0.1) is 0 Å². The maximum atomic E-state index is 11.9. The van der Waals surface area contributed by atoms with E-state index in [-0.39, 0.29) is 12.5 Å². The zero-order valence-corrected chi connectivity index (χ0v) is 10.6. The first-order chi connectivity index (χ1) is 8.27. The van der Waals surface area contributed by atoms with Crippen molar-refractivity contribution < 1.29 is 9.90 Å². The molecule has 1 aliphatic rings. The summed E-state index contributed by atoms with van der Waals surface area (Å²) >= 11 is 0. The monoisotopic (exact) mass is 243 g/mol. The highest BCUT2D eigenvalue weighted by Crippen LogP contribution is 2.06. The molecule has 0 aromatic heterocycles. The van der Waals surface area contributed by atoms with E-state index in [1.54, 1.807) is 0 Å². The van der Waals surface area contributed by atoms with E-state index in [2.05, 4.69) is 4.90 Å². The van der Waals surface area contributed by atoms with Gasteiger partial charge >= 0.3 is 0 Å². The SMILES string of the molecule is NCCCCC(=O)N1CCCN(CCO)CC1. The van der Waals surface area contributed by atoms with Gasteiger partial charge in [-0.05, 0) is 32.4 Å². The summed E-state index contributed by atoms with van der Waals surface area (Å²) in [5, 5.41) is 8.89. The Bertz CT molecular complexity index is 224. The third-order valence-corrected chi connectivity index (χ3v) is 3.20. The summed E-state index contributed by atoms with van der Waals surface area (Å²) in [5.41, 5.74) is 5.41. The number of carbonyl (C=O) groups excluding carboxylic acids is 1. The largest absolute Gasteiger partial charge is 0.395 e. The molecule has 1 fully saturated rings. The first-order valence-electron chi connectivity index (χ1n) is 6.59. The van der Waals surface area contributed by atoms with E-state index in [1.807, 2.05) is 4.90 Å². The van der Waals surface area contributed by atoms with Crippen molar-refractivity contribution in [1.29, 1.82) is 0 Å². The average molecular weight is 243 g/mol. The van der Waals surface area contributed by atoms with Crippen molar-refractivity contribution in [1.82, 2.24) is 9.80 Å². The summed E-state index contributed by atoms with van der Waals surface area (Å²) in [7, 11) is 0. The molecule has 0 saturated carbocycles. The Morgan fingerprint density at radius 2 is 2.00 bits per heavy atom. The van der Waals surface area contributed by atoms with Crippen molar-refractivity contribution >= 4 is 5.91 Å². The molecule has 1 aliphatic heterocycles. The third-order valence-electron chi connectivity index (χ3n) is 3.20. The molecule has 1 saturated heterocycles. The number of hydrogen-bond acceptors (Lipinski definition) is 4. The Labute approximate surface area is 104 Å². The van der Waals surface area contributed by atoms with Gasteiger partial charge in [-0.15, -0.1) is 0 Å². The molecule has 0 aromatic carbocycles. The van der Waals surface area contributed by atoms with Gasteiger partial charge in [-0.3, -0.25) is 9.69 Å². The lowest BCUT2D eigenvalue weighted by molar-refractivity contribution is -0.131. The predicted octanol–water partition coefficient (Wildman–Crippen LogP) is -0.358. The minimum atomic E-state index is 0.199. The number of β-amino-alcohol motifs (C(OH)–C–C–N with tert-alkyl or cyclic N) is 1. The summed E-state index contributed by atoms with van der Waals surface area (Å²) < 4.78 is 0. The summed E-state index contributed by atoms with van der Waals surface area (Å²) in [4.78, 5) is 16.1. The number of nitrogens with two attached hydrogens (primary N) is 1. The molecule has 5 nitrogen and oxygen atoms in total. The molecule has 0 bridgehead atoms. The van der Waals surface area contributed by atoms with Crippen LogP contribution in [0.5, 0.6) is 0 Å². The molecule has 5 heteroatoms. The summed E-state index contributed by atoms with van der Waals surface area (Å²) in [6, 6.07) is 0. The zero-order chi connectivity index (χ0) is 12.5. The van der Waals surface area contributed by atoms with Gasteiger partial charge in [-0.2, -0.15) is 0 Å². The molecule has 0 spiro atoms. The van der Waals surface area contributed by atoms with Crippen LogP contribution in [0.2, 0.25) is 0 Å². The van der Waals surface area contributed by atoms with E-state index in [1.165, 1.54) is 0 Å². The lowest BCUT2D eigenvalue weighted by Crippen LogP contribution is -2.35. The number of nitrogens with zero attached hydrogens (tertiary/aromatic N) is 2. The zero-order valence-electron chi connectivity index (χ0n) is 10.6. The van der Waals surface area contributed by atoms with E-state index in [4.69, 9.17) is 10.8 Å². The van der Waals surface area contributed by atoms with Gasteiger partial charge in [0.05, 0.1) is 6.61 Å². The molecule has 100 valence electrons. The van der Waals surface area contributed by atoms with Crippen LogP contribution in [0.25, 0.3) is 0 Å². The second kappa shape index (κ2) is 8.44. The lowest BCUT2D eigenvalue weighted by Gasteiger charge is -2.21. The van der Waals surface area contributed by atoms with E-state index in [0.717, 1.165) is 52.0 Å². The van der Waals surface area contributed by atoms with Gasteiger partial charge in [-0.1, -0.05) is 0 Å². The maximum absolute atomic E-state index is 11.9. The number of rotatable bonds is 6. The number of carbonyl (C=O) groups is 1. The highest BCUT2D eigenvalue weighted by Gasteiger charge is 2.17. The molecule has 0 unspecified atom stereocenters. The Morgan fingerprint density at radius 1 is 1.18 bits per heavy atom. The van der Waals surface area contributed by atoms with Gasteiger partial charge in [0, 0.05) is 32.6 Å². The van der Waals surface area contributed by atoms with E-state index >= 15 is 0 Å². The quantitative estimate of drug-likeness (QED) is 0.625. The highest BCUT2D eigenvalue weighted by atomic mass is 16.3. The Hall–Kier alpha value is -0.650. The molecule has 1 rings (SSSR count). The van der Waals surface area contributed by atoms with Crippen molar-refractivity contribution in [3.8, 4) is 0 Å². The van der Waals surface area contributed by atoms with Crippen LogP contribution in [0.15, 0.2) is 0 Å². The van der Waals surface area contributed by atoms with Crippen molar-refractivity contribution in [2.24, 2.45) is 5.73 Å². The number of aliphatic hydroxyl groups is 1. The Kier molecular flexibility index (Phi) is 7.16. The molecule has 0 atom stereocenters. The van der Waals surface area contributed by atoms with Gasteiger partial charge in [-0.25, -0.2) is 0 Å². The first-order valence-corrected chi connectivity index (χ1v) is 6.59. The minimum Gasteiger partial charge on any atom is -0.395 e. The number of aliphatic hydroxyl groups excluding tert-OH is 1. The number of hydrogen-bond donors (Lipinski definition) is 2. The van der Waals surface area contributed by atoms with Crippen LogP contribution < -0.4 is 5.73 Å². The lowest BCUT2D eigenvalue weighted by atomic mass is 10.2. The third kappa shape index (κ3) is 5.48. The van der Waals surface area contributed by atoms with Gasteiger partial charge in [0.15, 0.2) is 0 Å². The second-order valence-corrected chi connectivity index (χ2v) is 4.55. The highest BCUT2D eigenvalue weighted by molar-refractivity contribution is 5.76. The smallest absolute Gasteiger partial charge is 0.222 e. The fourth-order valence-corrected chi connectivity index (χ4v) is 2.16. The standard InChI is InChI=1S/C12H25N3O2/c13-5-2-1-4-12(17)15-7-3-6-14(8-9-15)10-11-16/h16H,1-11,13H2. The topological polar surface area (TPSA) is 69.8 Å². The van der Waals surface area contributed by atoms with Crippen molar-refractivity contribution in [3.63, 3.8) is 0 Å². The first kappa shape index (κ1) is 14.4.